The summed E-state index contributed by atoms with van der Waals surface area (Å²) in [5, 5.41) is 3.14. The SMILES string of the molecule is CCOC(CC)(CC)c1ncc(C)c(CNC)n1. The molecule has 0 saturated heterocycles. The summed E-state index contributed by atoms with van der Waals surface area (Å²) in [7, 11) is 1.93. The number of rotatable bonds is 7. The van der Waals surface area contributed by atoms with Crippen molar-refractivity contribution < 1.29 is 4.74 Å². The second kappa shape index (κ2) is 6.81. The highest BCUT2D eigenvalue weighted by Gasteiger charge is 2.32. The van der Waals surface area contributed by atoms with Crippen molar-refractivity contribution in [2.75, 3.05) is 13.7 Å². The van der Waals surface area contributed by atoms with Gasteiger partial charge in [-0.25, -0.2) is 9.97 Å². The molecular weight excluding hydrogens is 226 g/mol. The Hall–Kier alpha value is -1.00. The van der Waals surface area contributed by atoms with E-state index in [1.165, 1.54) is 0 Å². The molecule has 0 saturated carbocycles. The van der Waals surface area contributed by atoms with Crippen molar-refractivity contribution in [1.82, 2.24) is 15.3 Å². The molecule has 102 valence electrons. The Bertz CT molecular complexity index is 375. The van der Waals surface area contributed by atoms with E-state index in [1.54, 1.807) is 0 Å². The first-order valence-electron chi connectivity index (χ1n) is 6.75. The molecule has 18 heavy (non-hydrogen) atoms. The molecule has 0 bridgehead atoms. The number of nitrogens with one attached hydrogen (secondary N) is 1. The summed E-state index contributed by atoms with van der Waals surface area (Å²) in [6, 6.07) is 0. The molecule has 1 rings (SSSR count). The van der Waals surface area contributed by atoms with Gasteiger partial charge >= 0.3 is 0 Å². The van der Waals surface area contributed by atoms with E-state index in [9.17, 15) is 0 Å². The zero-order chi connectivity index (χ0) is 13.6. The third kappa shape index (κ3) is 3.06. The van der Waals surface area contributed by atoms with Crippen LogP contribution in [0.4, 0.5) is 0 Å². The summed E-state index contributed by atoms with van der Waals surface area (Å²) < 4.78 is 5.94. The molecule has 0 aliphatic heterocycles. The van der Waals surface area contributed by atoms with Crippen molar-refractivity contribution in [2.24, 2.45) is 0 Å². The fraction of sp³-hybridized carbons (Fsp3) is 0.714. The van der Waals surface area contributed by atoms with Crippen LogP contribution in [0.15, 0.2) is 6.20 Å². The summed E-state index contributed by atoms with van der Waals surface area (Å²) in [6.07, 6.45) is 3.67. The second-order valence-corrected chi connectivity index (χ2v) is 4.49. The average Bonchev–Trinajstić information content (AvgIpc) is 2.39. The molecule has 0 radical (unpaired) electrons. The van der Waals surface area contributed by atoms with Gasteiger partial charge in [-0.2, -0.15) is 0 Å². The lowest BCUT2D eigenvalue weighted by atomic mass is 9.95. The molecule has 0 aromatic carbocycles. The molecule has 4 heteroatoms. The minimum atomic E-state index is -0.342. The van der Waals surface area contributed by atoms with Crippen LogP contribution >= 0.6 is 0 Å². The topological polar surface area (TPSA) is 47.0 Å². The van der Waals surface area contributed by atoms with Crippen LogP contribution in [0.25, 0.3) is 0 Å². The molecule has 1 aromatic heterocycles. The monoisotopic (exact) mass is 251 g/mol. The quantitative estimate of drug-likeness (QED) is 0.809. The van der Waals surface area contributed by atoms with Gasteiger partial charge in [0.05, 0.1) is 5.69 Å². The van der Waals surface area contributed by atoms with E-state index in [4.69, 9.17) is 9.72 Å². The van der Waals surface area contributed by atoms with Crippen LogP contribution in [0.5, 0.6) is 0 Å². The van der Waals surface area contributed by atoms with E-state index in [0.717, 1.165) is 36.5 Å². The molecule has 0 atom stereocenters. The maximum absolute atomic E-state index is 5.94. The lowest BCUT2D eigenvalue weighted by molar-refractivity contribution is -0.0573. The van der Waals surface area contributed by atoms with Crippen molar-refractivity contribution >= 4 is 0 Å². The Morgan fingerprint density at radius 2 is 1.94 bits per heavy atom. The first-order valence-corrected chi connectivity index (χ1v) is 6.75. The average molecular weight is 251 g/mol. The first kappa shape index (κ1) is 15.1. The number of hydrogen-bond acceptors (Lipinski definition) is 4. The molecule has 0 amide bonds. The molecule has 0 unspecified atom stereocenters. The van der Waals surface area contributed by atoms with Crippen molar-refractivity contribution in [3.63, 3.8) is 0 Å². The first-order chi connectivity index (χ1) is 8.63. The van der Waals surface area contributed by atoms with Gasteiger partial charge in [-0.3, -0.25) is 0 Å². The fourth-order valence-electron chi connectivity index (χ4n) is 2.15. The highest BCUT2D eigenvalue weighted by atomic mass is 16.5. The third-order valence-corrected chi connectivity index (χ3v) is 3.39. The van der Waals surface area contributed by atoms with Gasteiger partial charge in [0.15, 0.2) is 5.82 Å². The molecule has 0 aliphatic carbocycles. The highest BCUT2D eigenvalue weighted by molar-refractivity contribution is 5.18. The highest BCUT2D eigenvalue weighted by Crippen LogP contribution is 2.30. The molecular formula is C14H25N3O. The molecule has 0 fully saturated rings. The largest absolute Gasteiger partial charge is 0.367 e. The van der Waals surface area contributed by atoms with Crippen molar-refractivity contribution in [1.29, 1.82) is 0 Å². The number of aromatic nitrogens is 2. The van der Waals surface area contributed by atoms with Gasteiger partial charge in [0.1, 0.15) is 5.60 Å². The summed E-state index contributed by atoms with van der Waals surface area (Å²) in [5.74, 6) is 0.810. The van der Waals surface area contributed by atoms with Gasteiger partial charge in [0.25, 0.3) is 0 Å². The Balaban J connectivity index is 3.16. The van der Waals surface area contributed by atoms with Crippen molar-refractivity contribution in [3.8, 4) is 0 Å². The van der Waals surface area contributed by atoms with Gasteiger partial charge in [-0.1, -0.05) is 13.8 Å². The van der Waals surface area contributed by atoms with E-state index in [2.05, 4.69) is 24.1 Å². The minimum absolute atomic E-state index is 0.342. The normalized spacial score (nSPS) is 11.8. The Morgan fingerprint density at radius 3 is 2.44 bits per heavy atom. The summed E-state index contributed by atoms with van der Waals surface area (Å²) in [4.78, 5) is 9.19. The smallest absolute Gasteiger partial charge is 0.160 e. The van der Waals surface area contributed by atoms with Crippen LogP contribution in [0, 0.1) is 6.92 Å². The molecule has 4 nitrogen and oxygen atoms in total. The third-order valence-electron chi connectivity index (χ3n) is 3.39. The molecule has 1 aromatic rings. The van der Waals surface area contributed by atoms with Crippen molar-refractivity contribution in [2.45, 2.75) is 52.7 Å². The molecule has 0 aliphatic rings. The minimum Gasteiger partial charge on any atom is -0.367 e. The maximum atomic E-state index is 5.94. The van der Waals surface area contributed by atoms with Gasteiger partial charge in [0.2, 0.25) is 0 Å². The van der Waals surface area contributed by atoms with Crippen LogP contribution in [-0.4, -0.2) is 23.6 Å². The fourth-order valence-corrected chi connectivity index (χ4v) is 2.15. The Kier molecular flexibility index (Phi) is 5.69. The van der Waals surface area contributed by atoms with Crippen LogP contribution in [0.1, 0.15) is 50.7 Å². The number of nitrogens with zero attached hydrogens (tertiary/aromatic N) is 2. The van der Waals surface area contributed by atoms with Gasteiger partial charge in [0, 0.05) is 19.3 Å². The predicted molar refractivity (Wildman–Crippen MR) is 73.4 cm³/mol. The predicted octanol–water partition coefficient (Wildman–Crippen LogP) is 2.56. The standard InChI is InChI=1S/C14H25N3O/c1-6-14(7-2,18-8-3)13-16-9-11(4)12(17-13)10-15-5/h9,15H,6-8,10H2,1-5H3. The summed E-state index contributed by atoms with van der Waals surface area (Å²) in [5.41, 5.74) is 1.82. The van der Waals surface area contributed by atoms with E-state index < -0.39 is 0 Å². The Labute approximate surface area is 110 Å². The Morgan fingerprint density at radius 1 is 1.28 bits per heavy atom. The van der Waals surface area contributed by atoms with Crippen LogP contribution in [0.2, 0.25) is 0 Å². The molecule has 1 heterocycles. The van der Waals surface area contributed by atoms with Crippen LogP contribution in [-0.2, 0) is 16.9 Å². The van der Waals surface area contributed by atoms with E-state index in [-0.39, 0.29) is 5.60 Å². The van der Waals surface area contributed by atoms with Crippen LogP contribution in [0.3, 0.4) is 0 Å². The zero-order valence-corrected chi connectivity index (χ0v) is 12.2. The van der Waals surface area contributed by atoms with Gasteiger partial charge < -0.3 is 10.1 Å². The number of ether oxygens (including phenoxy) is 1. The zero-order valence-electron chi connectivity index (χ0n) is 12.2. The summed E-state index contributed by atoms with van der Waals surface area (Å²) >= 11 is 0. The van der Waals surface area contributed by atoms with Crippen molar-refractivity contribution in [3.05, 3.63) is 23.3 Å². The molecule has 0 spiro atoms. The summed E-state index contributed by atoms with van der Waals surface area (Å²) in [6.45, 7) is 9.75. The van der Waals surface area contributed by atoms with E-state index >= 15 is 0 Å². The lowest BCUT2D eigenvalue weighted by Gasteiger charge is -2.30. The number of hydrogen-bond donors (Lipinski definition) is 1. The number of aryl methyl sites for hydroxylation is 1. The lowest BCUT2D eigenvalue weighted by Crippen LogP contribution is -2.31. The van der Waals surface area contributed by atoms with Gasteiger partial charge in [-0.15, -0.1) is 0 Å². The van der Waals surface area contributed by atoms with Crippen LogP contribution < -0.4 is 5.32 Å². The van der Waals surface area contributed by atoms with Gasteiger partial charge in [-0.05, 0) is 39.3 Å². The second-order valence-electron chi connectivity index (χ2n) is 4.49. The maximum Gasteiger partial charge on any atom is 0.160 e. The van der Waals surface area contributed by atoms with E-state index in [1.807, 2.05) is 27.1 Å². The van der Waals surface area contributed by atoms with E-state index in [0.29, 0.717) is 6.61 Å². The molecule has 1 N–H and O–H groups in total.